The van der Waals surface area contributed by atoms with Gasteiger partial charge in [0.1, 0.15) is 0 Å². The van der Waals surface area contributed by atoms with Crippen molar-refractivity contribution < 1.29 is 8.42 Å². The Bertz CT molecular complexity index is 620. The van der Waals surface area contributed by atoms with E-state index in [2.05, 4.69) is 15.0 Å². The zero-order chi connectivity index (χ0) is 17.3. The van der Waals surface area contributed by atoms with E-state index in [9.17, 15) is 8.42 Å². The summed E-state index contributed by atoms with van der Waals surface area (Å²) in [6.07, 6.45) is 1.80. The normalized spacial score (nSPS) is 12.3. The first-order valence-electron chi connectivity index (χ1n) is 7.50. The lowest BCUT2D eigenvalue weighted by Gasteiger charge is -2.22. The molecule has 1 rings (SSSR count). The molecule has 0 fully saturated rings. The van der Waals surface area contributed by atoms with E-state index in [1.807, 2.05) is 43.1 Å². The van der Waals surface area contributed by atoms with E-state index in [1.165, 1.54) is 0 Å². The van der Waals surface area contributed by atoms with E-state index in [-0.39, 0.29) is 0 Å². The number of halogens is 1. The Labute approximate surface area is 144 Å². The van der Waals surface area contributed by atoms with Crippen molar-refractivity contribution >= 4 is 27.6 Å². The van der Waals surface area contributed by atoms with Gasteiger partial charge in [0.2, 0.25) is 10.0 Å². The molecule has 2 N–H and O–H groups in total. The second kappa shape index (κ2) is 9.75. The summed E-state index contributed by atoms with van der Waals surface area (Å²) in [6.45, 7) is 4.40. The number of sulfonamides is 1. The summed E-state index contributed by atoms with van der Waals surface area (Å²) < 4.78 is 24.4. The van der Waals surface area contributed by atoms with Crippen molar-refractivity contribution in [1.82, 2.24) is 14.9 Å². The number of rotatable bonds is 8. The van der Waals surface area contributed by atoms with Gasteiger partial charge < -0.3 is 10.2 Å². The van der Waals surface area contributed by atoms with Crippen LogP contribution in [0.4, 0.5) is 0 Å². The molecule has 8 heteroatoms. The van der Waals surface area contributed by atoms with Crippen LogP contribution < -0.4 is 10.0 Å². The molecule has 0 atom stereocenters. The van der Waals surface area contributed by atoms with Gasteiger partial charge in [-0.1, -0.05) is 23.7 Å². The van der Waals surface area contributed by atoms with Crippen molar-refractivity contribution in [2.24, 2.45) is 4.99 Å². The number of nitrogens with zero attached hydrogens (tertiary/aromatic N) is 2. The quantitative estimate of drug-likeness (QED) is 0.420. The van der Waals surface area contributed by atoms with Crippen LogP contribution in [0.1, 0.15) is 18.9 Å². The number of benzene rings is 1. The van der Waals surface area contributed by atoms with Crippen LogP contribution in [0.25, 0.3) is 0 Å². The number of aliphatic imine (C=N–C) groups is 1. The first-order valence-corrected chi connectivity index (χ1v) is 9.77. The Hall–Kier alpha value is -1.31. The fourth-order valence-electron chi connectivity index (χ4n) is 1.98. The van der Waals surface area contributed by atoms with E-state index in [0.717, 1.165) is 24.3 Å². The second-order valence-corrected chi connectivity index (χ2v) is 7.51. The fraction of sp³-hybridized carbons (Fsp3) is 0.533. The van der Waals surface area contributed by atoms with Crippen LogP contribution in [0, 0.1) is 0 Å². The highest BCUT2D eigenvalue weighted by Crippen LogP contribution is 2.12. The third-order valence-electron chi connectivity index (χ3n) is 2.97. The molecule has 23 heavy (non-hydrogen) atoms. The van der Waals surface area contributed by atoms with Crippen LogP contribution in [-0.2, 0) is 16.6 Å². The Morgan fingerprint density at radius 2 is 2.13 bits per heavy atom. The minimum absolute atomic E-state index is 0.389. The minimum Gasteiger partial charge on any atom is -0.357 e. The van der Waals surface area contributed by atoms with Crippen LogP contribution >= 0.6 is 11.6 Å². The molecule has 0 saturated carbocycles. The maximum atomic E-state index is 11.0. The molecule has 130 valence electrons. The molecule has 0 heterocycles. The second-order valence-electron chi connectivity index (χ2n) is 5.24. The zero-order valence-corrected chi connectivity index (χ0v) is 15.4. The zero-order valence-electron chi connectivity index (χ0n) is 13.8. The van der Waals surface area contributed by atoms with Crippen LogP contribution in [0.5, 0.6) is 0 Å². The lowest BCUT2D eigenvalue weighted by molar-refractivity contribution is 0.476. The fourth-order valence-corrected chi connectivity index (χ4v) is 2.70. The van der Waals surface area contributed by atoms with Crippen molar-refractivity contribution in [3.05, 3.63) is 34.9 Å². The number of nitrogens with one attached hydrogen (secondary N) is 2. The topological polar surface area (TPSA) is 73.8 Å². The summed E-state index contributed by atoms with van der Waals surface area (Å²) in [6, 6.07) is 7.71. The number of hydrogen-bond donors (Lipinski definition) is 2. The molecule has 0 spiro atoms. The molecule has 1 aromatic rings. The highest BCUT2D eigenvalue weighted by atomic mass is 35.5. The Morgan fingerprint density at radius 3 is 2.74 bits per heavy atom. The van der Waals surface area contributed by atoms with E-state index in [0.29, 0.717) is 31.1 Å². The van der Waals surface area contributed by atoms with Crippen LogP contribution in [-0.4, -0.2) is 52.2 Å². The molecule has 6 nitrogen and oxygen atoms in total. The highest BCUT2D eigenvalue weighted by molar-refractivity contribution is 7.88. The van der Waals surface area contributed by atoms with Gasteiger partial charge in [0, 0.05) is 38.2 Å². The molecular formula is C15H25ClN4O2S. The van der Waals surface area contributed by atoms with Gasteiger partial charge in [-0.2, -0.15) is 0 Å². The molecule has 0 amide bonds. The molecule has 0 aliphatic carbocycles. The lowest BCUT2D eigenvalue weighted by Crippen LogP contribution is -2.38. The Kier molecular flexibility index (Phi) is 8.36. The van der Waals surface area contributed by atoms with Crippen LogP contribution in [0.15, 0.2) is 29.3 Å². The van der Waals surface area contributed by atoms with Crippen molar-refractivity contribution in [3.63, 3.8) is 0 Å². The molecule has 0 saturated heterocycles. The summed E-state index contributed by atoms with van der Waals surface area (Å²) in [5, 5.41) is 3.94. The maximum absolute atomic E-state index is 11.0. The van der Waals surface area contributed by atoms with Crippen molar-refractivity contribution in [2.75, 3.05) is 32.9 Å². The van der Waals surface area contributed by atoms with Crippen molar-refractivity contribution in [2.45, 2.75) is 19.9 Å². The SMILES string of the molecule is CCNC(=NCCCNS(C)(=O)=O)N(C)Cc1cccc(Cl)c1. The predicted octanol–water partition coefficient (Wildman–Crippen LogP) is 1.68. The largest absolute Gasteiger partial charge is 0.357 e. The smallest absolute Gasteiger partial charge is 0.208 e. The molecular weight excluding hydrogens is 336 g/mol. The monoisotopic (exact) mass is 360 g/mol. The van der Waals surface area contributed by atoms with Gasteiger partial charge in [0.05, 0.1) is 6.26 Å². The van der Waals surface area contributed by atoms with E-state index >= 15 is 0 Å². The van der Waals surface area contributed by atoms with Gasteiger partial charge >= 0.3 is 0 Å². The number of hydrogen-bond acceptors (Lipinski definition) is 3. The minimum atomic E-state index is -3.13. The Balaban J connectivity index is 2.56. The van der Waals surface area contributed by atoms with Crippen LogP contribution in [0.3, 0.4) is 0 Å². The summed E-state index contributed by atoms with van der Waals surface area (Å²) in [7, 11) is -1.18. The standard InChI is InChI=1S/C15H25ClN4O2S/c1-4-17-15(18-9-6-10-19-23(3,21)22)20(2)12-13-7-5-8-14(16)11-13/h5,7-8,11,19H,4,6,9-10,12H2,1-3H3,(H,17,18). The molecule has 0 aliphatic heterocycles. The van der Waals surface area contributed by atoms with Crippen LogP contribution in [0.2, 0.25) is 5.02 Å². The van der Waals surface area contributed by atoms with Gasteiger partial charge in [-0.3, -0.25) is 4.99 Å². The number of guanidine groups is 1. The highest BCUT2D eigenvalue weighted by Gasteiger charge is 2.07. The summed E-state index contributed by atoms with van der Waals surface area (Å²) in [5.74, 6) is 0.784. The average molecular weight is 361 g/mol. The molecule has 0 aliphatic rings. The summed E-state index contributed by atoms with van der Waals surface area (Å²) in [4.78, 5) is 6.53. The first kappa shape index (κ1) is 19.7. The van der Waals surface area contributed by atoms with Gasteiger partial charge in [-0.25, -0.2) is 13.1 Å². The molecule has 1 aromatic carbocycles. The van der Waals surface area contributed by atoms with Crippen molar-refractivity contribution in [1.29, 1.82) is 0 Å². The predicted molar refractivity (Wildman–Crippen MR) is 96.4 cm³/mol. The van der Waals surface area contributed by atoms with Crippen molar-refractivity contribution in [3.8, 4) is 0 Å². The van der Waals surface area contributed by atoms with Gasteiger partial charge in [-0.05, 0) is 31.0 Å². The van der Waals surface area contributed by atoms with E-state index in [4.69, 9.17) is 11.6 Å². The van der Waals surface area contributed by atoms with E-state index < -0.39 is 10.0 Å². The summed E-state index contributed by atoms with van der Waals surface area (Å²) in [5.41, 5.74) is 1.10. The third kappa shape index (κ3) is 8.78. The Morgan fingerprint density at radius 1 is 1.39 bits per heavy atom. The average Bonchev–Trinajstić information content (AvgIpc) is 2.44. The van der Waals surface area contributed by atoms with E-state index in [1.54, 1.807) is 0 Å². The summed E-state index contributed by atoms with van der Waals surface area (Å²) >= 11 is 6.00. The molecule has 0 unspecified atom stereocenters. The molecule has 0 bridgehead atoms. The molecule has 0 aromatic heterocycles. The maximum Gasteiger partial charge on any atom is 0.208 e. The van der Waals surface area contributed by atoms with Gasteiger partial charge in [0.15, 0.2) is 5.96 Å². The van der Waals surface area contributed by atoms with Gasteiger partial charge in [-0.15, -0.1) is 0 Å². The first-order chi connectivity index (χ1) is 10.8. The van der Waals surface area contributed by atoms with Gasteiger partial charge in [0.25, 0.3) is 0 Å². The lowest BCUT2D eigenvalue weighted by atomic mass is 10.2. The molecule has 0 radical (unpaired) electrons. The third-order valence-corrected chi connectivity index (χ3v) is 3.93.